The highest BCUT2D eigenvalue weighted by atomic mass is 16.3. The van der Waals surface area contributed by atoms with Gasteiger partial charge in [0.05, 0.1) is 5.92 Å². The summed E-state index contributed by atoms with van der Waals surface area (Å²) < 4.78 is 5.97. The second kappa shape index (κ2) is 5.27. The number of furan rings is 1. The van der Waals surface area contributed by atoms with Crippen molar-refractivity contribution in [2.45, 2.75) is 32.6 Å². The van der Waals surface area contributed by atoms with E-state index in [1.54, 1.807) is 0 Å². The first-order chi connectivity index (χ1) is 11.2. The van der Waals surface area contributed by atoms with E-state index in [-0.39, 0.29) is 11.8 Å². The normalized spacial score (nSPS) is 16.6. The first kappa shape index (κ1) is 14.1. The number of amides is 1. The minimum absolute atomic E-state index is 0.0814. The van der Waals surface area contributed by atoms with Crippen LogP contribution in [-0.4, -0.2) is 5.91 Å². The predicted molar refractivity (Wildman–Crippen MR) is 91.8 cm³/mol. The molecule has 2 aromatic carbocycles. The molecule has 1 amide bonds. The molecular weight excluding hydrogens is 286 g/mol. The molecule has 4 rings (SSSR count). The second-order valence-corrected chi connectivity index (χ2v) is 6.19. The first-order valence-electron chi connectivity index (χ1n) is 8.08. The van der Waals surface area contributed by atoms with Crippen LogP contribution in [0.25, 0.3) is 11.0 Å². The zero-order valence-electron chi connectivity index (χ0n) is 13.3. The van der Waals surface area contributed by atoms with Crippen molar-refractivity contribution in [3.63, 3.8) is 0 Å². The van der Waals surface area contributed by atoms with Crippen molar-refractivity contribution < 1.29 is 9.21 Å². The quantitative estimate of drug-likeness (QED) is 0.769. The third kappa shape index (κ3) is 2.24. The Morgan fingerprint density at radius 3 is 2.83 bits per heavy atom. The smallest absolute Gasteiger partial charge is 0.232 e. The van der Waals surface area contributed by atoms with E-state index in [2.05, 4.69) is 31.3 Å². The van der Waals surface area contributed by atoms with Gasteiger partial charge in [-0.3, -0.25) is 4.79 Å². The van der Waals surface area contributed by atoms with Gasteiger partial charge in [-0.25, -0.2) is 0 Å². The molecule has 0 unspecified atom stereocenters. The van der Waals surface area contributed by atoms with Crippen LogP contribution < -0.4 is 5.32 Å². The van der Waals surface area contributed by atoms with E-state index in [0.29, 0.717) is 6.42 Å². The summed E-state index contributed by atoms with van der Waals surface area (Å²) in [5.41, 5.74) is 5.29. The van der Waals surface area contributed by atoms with Crippen molar-refractivity contribution in [3.8, 4) is 0 Å². The van der Waals surface area contributed by atoms with Gasteiger partial charge in [0.25, 0.3) is 0 Å². The number of carbonyl (C=O) groups is 1. The van der Waals surface area contributed by atoms with Gasteiger partial charge < -0.3 is 9.73 Å². The van der Waals surface area contributed by atoms with E-state index < -0.39 is 0 Å². The number of hydrogen-bond donors (Lipinski definition) is 1. The Balaban J connectivity index is 1.80. The van der Waals surface area contributed by atoms with E-state index in [4.69, 9.17) is 4.42 Å². The number of para-hydroxylation sites is 1. The molecule has 0 saturated heterocycles. The molecule has 1 N–H and O–H groups in total. The van der Waals surface area contributed by atoms with E-state index >= 15 is 0 Å². The van der Waals surface area contributed by atoms with Crippen LogP contribution in [0.2, 0.25) is 0 Å². The average molecular weight is 305 g/mol. The minimum Gasteiger partial charge on any atom is -0.461 e. The molecule has 0 radical (unpaired) electrons. The van der Waals surface area contributed by atoms with Crippen molar-refractivity contribution in [1.29, 1.82) is 0 Å². The van der Waals surface area contributed by atoms with Crippen LogP contribution in [-0.2, 0) is 17.6 Å². The van der Waals surface area contributed by atoms with E-state index in [1.165, 1.54) is 5.56 Å². The Kier molecular flexibility index (Phi) is 3.22. The summed E-state index contributed by atoms with van der Waals surface area (Å²) in [5, 5.41) is 4.13. The van der Waals surface area contributed by atoms with Gasteiger partial charge in [-0.1, -0.05) is 42.8 Å². The number of nitrogens with one attached hydrogen (secondary N) is 1. The Hall–Kier alpha value is -2.55. The molecule has 1 aromatic heterocycles. The molecule has 0 saturated carbocycles. The van der Waals surface area contributed by atoms with Gasteiger partial charge in [0.15, 0.2) is 0 Å². The van der Waals surface area contributed by atoms with Gasteiger partial charge in [0.2, 0.25) is 5.91 Å². The molecule has 3 nitrogen and oxygen atoms in total. The van der Waals surface area contributed by atoms with Crippen LogP contribution in [0.5, 0.6) is 0 Å². The average Bonchev–Trinajstić information content (AvgIpc) is 3.06. The van der Waals surface area contributed by atoms with Crippen molar-refractivity contribution in [2.75, 3.05) is 5.32 Å². The van der Waals surface area contributed by atoms with Crippen LogP contribution >= 0.6 is 0 Å². The first-order valence-corrected chi connectivity index (χ1v) is 8.08. The number of fused-ring (bicyclic) bond motifs is 2. The molecule has 1 atom stereocenters. The van der Waals surface area contributed by atoms with E-state index in [1.807, 2.05) is 30.3 Å². The Labute approximate surface area is 135 Å². The summed E-state index contributed by atoms with van der Waals surface area (Å²) in [6.07, 6.45) is 1.52. The lowest BCUT2D eigenvalue weighted by Gasteiger charge is -2.10. The van der Waals surface area contributed by atoms with Crippen LogP contribution in [0.15, 0.2) is 46.9 Å². The molecule has 0 fully saturated rings. The highest BCUT2D eigenvalue weighted by molar-refractivity contribution is 6.03. The van der Waals surface area contributed by atoms with Gasteiger partial charge in [-0.2, -0.15) is 0 Å². The SMILES string of the molecule is CCc1oc2ccccc2c1C[C@H]1C(=O)Nc2ccc(C)cc21. The highest BCUT2D eigenvalue weighted by Gasteiger charge is 2.32. The van der Waals surface area contributed by atoms with Gasteiger partial charge in [-0.15, -0.1) is 0 Å². The molecule has 0 aliphatic carbocycles. The van der Waals surface area contributed by atoms with Gasteiger partial charge in [0.1, 0.15) is 11.3 Å². The minimum atomic E-state index is -0.142. The molecule has 116 valence electrons. The summed E-state index contributed by atoms with van der Waals surface area (Å²) >= 11 is 0. The fraction of sp³-hybridized carbons (Fsp3) is 0.250. The molecular formula is C20H19NO2. The van der Waals surface area contributed by atoms with Crippen LogP contribution in [0.3, 0.4) is 0 Å². The highest BCUT2D eigenvalue weighted by Crippen LogP contribution is 2.38. The van der Waals surface area contributed by atoms with Crippen molar-refractivity contribution >= 4 is 22.6 Å². The number of aryl methyl sites for hydroxylation is 2. The lowest BCUT2D eigenvalue weighted by atomic mass is 9.90. The third-order valence-corrected chi connectivity index (χ3v) is 4.67. The second-order valence-electron chi connectivity index (χ2n) is 6.19. The number of carbonyl (C=O) groups excluding carboxylic acids is 1. The van der Waals surface area contributed by atoms with E-state index in [9.17, 15) is 4.79 Å². The summed E-state index contributed by atoms with van der Waals surface area (Å²) in [4.78, 5) is 12.5. The number of benzene rings is 2. The number of anilines is 1. The summed E-state index contributed by atoms with van der Waals surface area (Å²) in [5.74, 6) is 0.925. The zero-order valence-corrected chi connectivity index (χ0v) is 13.3. The molecule has 0 bridgehead atoms. The fourth-order valence-corrected chi connectivity index (χ4v) is 3.51. The zero-order chi connectivity index (χ0) is 16.0. The molecule has 2 heterocycles. The van der Waals surface area contributed by atoms with Crippen molar-refractivity contribution in [2.24, 2.45) is 0 Å². The Bertz CT molecular complexity index is 907. The van der Waals surface area contributed by atoms with Crippen LogP contribution in [0, 0.1) is 6.92 Å². The number of rotatable bonds is 3. The summed E-state index contributed by atoms with van der Waals surface area (Å²) in [7, 11) is 0. The maximum atomic E-state index is 12.5. The molecule has 3 aromatic rings. The lowest BCUT2D eigenvalue weighted by Crippen LogP contribution is -2.14. The lowest BCUT2D eigenvalue weighted by molar-refractivity contribution is -0.117. The Morgan fingerprint density at radius 1 is 1.17 bits per heavy atom. The molecule has 23 heavy (non-hydrogen) atoms. The topological polar surface area (TPSA) is 42.2 Å². The summed E-state index contributed by atoms with van der Waals surface area (Å²) in [6, 6.07) is 14.2. The van der Waals surface area contributed by atoms with E-state index in [0.717, 1.165) is 40.0 Å². The maximum absolute atomic E-state index is 12.5. The Morgan fingerprint density at radius 2 is 2.00 bits per heavy atom. The predicted octanol–water partition coefficient (Wildman–Crippen LogP) is 4.58. The summed E-state index contributed by atoms with van der Waals surface area (Å²) in [6.45, 7) is 4.15. The molecule has 0 spiro atoms. The van der Waals surface area contributed by atoms with Crippen LogP contribution in [0.1, 0.15) is 35.3 Å². The van der Waals surface area contributed by atoms with Crippen LogP contribution in [0.4, 0.5) is 5.69 Å². The standard InChI is InChI=1S/C20H19NO2/c1-3-18-15(13-6-4-5-7-19(13)23-18)11-16-14-10-12(2)8-9-17(14)21-20(16)22/h4-10,16H,3,11H2,1-2H3,(H,21,22)/t16-/m1/s1. The number of hydrogen-bond acceptors (Lipinski definition) is 2. The molecule has 1 aliphatic rings. The maximum Gasteiger partial charge on any atom is 0.232 e. The van der Waals surface area contributed by atoms with Gasteiger partial charge in [-0.05, 0) is 31.0 Å². The molecule has 1 aliphatic heterocycles. The van der Waals surface area contributed by atoms with Gasteiger partial charge in [0, 0.05) is 23.1 Å². The fourth-order valence-electron chi connectivity index (χ4n) is 3.51. The molecule has 3 heteroatoms. The third-order valence-electron chi connectivity index (χ3n) is 4.67. The van der Waals surface area contributed by atoms with Crippen molar-refractivity contribution in [1.82, 2.24) is 0 Å². The largest absolute Gasteiger partial charge is 0.461 e. The van der Waals surface area contributed by atoms with Crippen molar-refractivity contribution in [3.05, 3.63) is 64.9 Å². The van der Waals surface area contributed by atoms with Gasteiger partial charge >= 0.3 is 0 Å². The monoisotopic (exact) mass is 305 g/mol.